The van der Waals surface area contributed by atoms with E-state index in [0.717, 1.165) is 25.7 Å². The fourth-order valence-corrected chi connectivity index (χ4v) is 3.38. The van der Waals surface area contributed by atoms with Crippen LogP contribution in [-0.4, -0.2) is 34.9 Å². The largest absolute Gasteiger partial charge is 0.351 e. The van der Waals surface area contributed by atoms with Gasteiger partial charge in [-0.25, -0.2) is 9.78 Å². The van der Waals surface area contributed by atoms with Crippen molar-refractivity contribution in [1.82, 2.24) is 15.2 Å². The minimum Gasteiger partial charge on any atom is -0.351 e. The van der Waals surface area contributed by atoms with Crippen molar-refractivity contribution >= 4 is 29.0 Å². The standard InChI is InChI=1S/C21H27N5O2S/c1-3-5-10-23-20(27)18-15-29-19(25-18)14-26(11-6-4-2)21(28)24-17-9-7-8-16(12-17)13-22/h7-9,12,15H,3-6,10-11,14H2,1-2H3,(H,23,27)(H,24,28). The Kier molecular flexibility index (Phi) is 9.12. The quantitative estimate of drug-likeness (QED) is 0.565. The Hall–Kier alpha value is -2.92. The number of anilines is 1. The highest BCUT2D eigenvalue weighted by Crippen LogP contribution is 2.16. The van der Waals surface area contributed by atoms with E-state index in [0.29, 0.717) is 41.6 Å². The fourth-order valence-electron chi connectivity index (χ4n) is 2.59. The summed E-state index contributed by atoms with van der Waals surface area (Å²) in [5, 5.41) is 17.2. The van der Waals surface area contributed by atoms with Crippen molar-refractivity contribution in [2.24, 2.45) is 0 Å². The van der Waals surface area contributed by atoms with Gasteiger partial charge in [-0.05, 0) is 31.0 Å². The van der Waals surface area contributed by atoms with Crippen LogP contribution in [-0.2, 0) is 6.54 Å². The zero-order valence-corrected chi connectivity index (χ0v) is 17.7. The number of urea groups is 1. The molecule has 2 rings (SSSR count). The highest BCUT2D eigenvalue weighted by Gasteiger charge is 2.17. The Morgan fingerprint density at radius 1 is 1.24 bits per heavy atom. The number of nitrogens with one attached hydrogen (secondary N) is 2. The van der Waals surface area contributed by atoms with Gasteiger partial charge in [0.15, 0.2) is 0 Å². The van der Waals surface area contributed by atoms with Crippen LogP contribution >= 0.6 is 11.3 Å². The van der Waals surface area contributed by atoms with Gasteiger partial charge in [-0.15, -0.1) is 11.3 Å². The summed E-state index contributed by atoms with van der Waals surface area (Å²) >= 11 is 1.37. The van der Waals surface area contributed by atoms with Crippen molar-refractivity contribution in [3.8, 4) is 6.07 Å². The molecule has 0 aliphatic heterocycles. The SMILES string of the molecule is CCCCNC(=O)c1csc(CN(CCCC)C(=O)Nc2cccc(C#N)c2)n1. The molecule has 154 valence electrons. The van der Waals surface area contributed by atoms with E-state index in [-0.39, 0.29) is 11.9 Å². The fraction of sp³-hybridized carbons (Fsp3) is 0.429. The second-order valence-electron chi connectivity index (χ2n) is 6.63. The van der Waals surface area contributed by atoms with Crippen molar-refractivity contribution in [1.29, 1.82) is 5.26 Å². The summed E-state index contributed by atoms with van der Waals surface area (Å²) in [7, 11) is 0. The second kappa shape index (κ2) is 11.8. The van der Waals surface area contributed by atoms with Crippen LogP contribution in [0.15, 0.2) is 29.6 Å². The molecule has 3 amide bonds. The van der Waals surface area contributed by atoms with E-state index in [1.165, 1.54) is 11.3 Å². The Morgan fingerprint density at radius 3 is 2.76 bits per heavy atom. The first kappa shape index (κ1) is 22.4. The summed E-state index contributed by atoms with van der Waals surface area (Å²) in [5.41, 5.74) is 1.45. The van der Waals surface area contributed by atoms with Crippen LogP contribution in [0, 0.1) is 11.3 Å². The molecular weight excluding hydrogens is 386 g/mol. The van der Waals surface area contributed by atoms with Crippen LogP contribution in [0.25, 0.3) is 0 Å². The molecule has 0 bridgehead atoms. The number of thiazole rings is 1. The molecule has 0 radical (unpaired) electrons. The van der Waals surface area contributed by atoms with E-state index >= 15 is 0 Å². The van der Waals surface area contributed by atoms with Gasteiger partial charge in [0.25, 0.3) is 5.91 Å². The number of carbonyl (C=O) groups is 2. The van der Waals surface area contributed by atoms with Crippen molar-refractivity contribution in [3.05, 3.63) is 45.9 Å². The van der Waals surface area contributed by atoms with E-state index in [1.54, 1.807) is 34.5 Å². The van der Waals surface area contributed by atoms with Crippen LogP contribution in [0.4, 0.5) is 10.5 Å². The van der Waals surface area contributed by atoms with Crippen molar-refractivity contribution in [3.63, 3.8) is 0 Å². The molecule has 0 spiro atoms. The Labute approximate surface area is 175 Å². The van der Waals surface area contributed by atoms with Gasteiger partial charge in [-0.3, -0.25) is 4.79 Å². The molecule has 7 nitrogen and oxygen atoms in total. The number of hydrogen-bond donors (Lipinski definition) is 2. The molecule has 2 N–H and O–H groups in total. The minimum absolute atomic E-state index is 0.182. The van der Waals surface area contributed by atoms with Crippen LogP contribution < -0.4 is 10.6 Å². The number of carbonyl (C=O) groups excluding carboxylic acids is 2. The lowest BCUT2D eigenvalue weighted by Crippen LogP contribution is -2.35. The third-order valence-corrected chi connectivity index (χ3v) is 5.07. The van der Waals surface area contributed by atoms with Gasteiger partial charge in [0.05, 0.1) is 18.2 Å². The number of aromatic nitrogens is 1. The molecule has 0 fully saturated rings. The first-order chi connectivity index (χ1) is 14.1. The molecular formula is C21H27N5O2S. The predicted molar refractivity (Wildman–Crippen MR) is 115 cm³/mol. The van der Waals surface area contributed by atoms with Gasteiger partial charge in [-0.2, -0.15) is 5.26 Å². The topological polar surface area (TPSA) is 98.1 Å². The van der Waals surface area contributed by atoms with Crippen molar-refractivity contribution in [2.45, 2.75) is 46.1 Å². The molecule has 0 aliphatic rings. The maximum atomic E-state index is 12.8. The second-order valence-corrected chi connectivity index (χ2v) is 7.58. The zero-order valence-electron chi connectivity index (χ0n) is 16.9. The maximum absolute atomic E-state index is 12.8. The normalized spacial score (nSPS) is 10.2. The van der Waals surface area contributed by atoms with Crippen LogP contribution in [0.3, 0.4) is 0 Å². The summed E-state index contributed by atoms with van der Waals surface area (Å²) in [6.45, 7) is 5.68. The lowest BCUT2D eigenvalue weighted by molar-refractivity contribution is 0.0948. The highest BCUT2D eigenvalue weighted by molar-refractivity contribution is 7.09. The van der Waals surface area contributed by atoms with E-state index in [2.05, 4.69) is 35.5 Å². The molecule has 8 heteroatoms. The Bertz CT molecular complexity index is 859. The summed E-state index contributed by atoms with van der Waals surface area (Å²) in [6, 6.07) is 8.62. The number of benzene rings is 1. The number of hydrogen-bond acceptors (Lipinski definition) is 5. The van der Waals surface area contributed by atoms with Gasteiger partial charge in [-0.1, -0.05) is 32.8 Å². The molecule has 1 aromatic heterocycles. The first-order valence-electron chi connectivity index (χ1n) is 9.86. The Balaban J connectivity index is 2.03. The summed E-state index contributed by atoms with van der Waals surface area (Å²) in [5.74, 6) is -0.182. The monoisotopic (exact) mass is 413 g/mol. The molecule has 1 heterocycles. The Morgan fingerprint density at radius 2 is 2.03 bits per heavy atom. The molecule has 0 saturated heterocycles. The molecule has 1 aromatic carbocycles. The van der Waals surface area contributed by atoms with Crippen LogP contribution in [0.5, 0.6) is 0 Å². The third-order valence-electron chi connectivity index (χ3n) is 4.24. The lowest BCUT2D eigenvalue weighted by Gasteiger charge is -2.22. The number of amides is 3. The van der Waals surface area contributed by atoms with Gasteiger partial charge in [0, 0.05) is 24.2 Å². The molecule has 0 aliphatic carbocycles. The molecule has 2 aromatic rings. The van der Waals surface area contributed by atoms with Crippen LogP contribution in [0.2, 0.25) is 0 Å². The lowest BCUT2D eigenvalue weighted by atomic mass is 10.2. The number of rotatable bonds is 10. The molecule has 0 saturated carbocycles. The van der Waals surface area contributed by atoms with Crippen molar-refractivity contribution in [2.75, 3.05) is 18.4 Å². The number of unbranched alkanes of at least 4 members (excludes halogenated alkanes) is 2. The average Bonchev–Trinajstić information content (AvgIpc) is 3.20. The summed E-state index contributed by atoms with van der Waals surface area (Å²) < 4.78 is 0. The maximum Gasteiger partial charge on any atom is 0.322 e. The zero-order chi connectivity index (χ0) is 21.1. The van der Waals surface area contributed by atoms with Gasteiger partial charge >= 0.3 is 6.03 Å². The van der Waals surface area contributed by atoms with Crippen molar-refractivity contribution < 1.29 is 9.59 Å². The molecule has 0 atom stereocenters. The van der Waals surface area contributed by atoms with E-state index in [9.17, 15) is 9.59 Å². The van der Waals surface area contributed by atoms with E-state index < -0.39 is 0 Å². The number of nitrogens with zero attached hydrogens (tertiary/aromatic N) is 3. The first-order valence-corrected chi connectivity index (χ1v) is 10.7. The highest BCUT2D eigenvalue weighted by atomic mass is 32.1. The van der Waals surface area contributed by atoms with Gasteiger partial charge in [0.1, 0.15) is 10.7 Å². The summed E-state index contributed by atoms with van der Waals surface area (Å²) in [4.78, 5) is 31.0. The smallest absolute Gasteiger partial charge is 0.322 e. The van der Waals surface area contributed by atoms with E-state index in [1.807, 2.05) is 0 Å². The van der Waals surface area contributed by atoms with Gasteiger partial charge in [0.2, 0.25) is 0 Å². The average molecular weight is 414 g/mol. The minimum atomic E-state index is -0.252. The third kappa shape index (κ3) is 7.20. The van der Waals surface area contributed by atoms with Crippen LogP contribution in [0.1, 0.15) is 60.6 Å². The number of nitriles is 1. The molecule has 0 unspecified atom stereocenters. The van der Waals surface area contributed by atoms with Gasteiger partial charge < -0.3 is 15.5 Å². The molecule has 29 heavy (non-hydrogen) atoms. The summed E-state index contributed by atoms with van der Waals surface area (Å²) in [6.07, 6.45) is 3.76. The predicted octanol–water partition coefficient (Wildman–Crippen LogP) is 4.38. The van der Waals surface area contributed by atoms with E-state index in [4.69, 9.17) is 5.26 Å².